The highest BCUT2D eigenvalue weighted by atomic mass is 16.5. The molecule has 0 saturated heterocycles. The lowest BCUT2D eigenvalue weighted by molar-refractivity contribution is -0.104. The quantitative estimate of drug-likeness (QED) is 0.478. The summed E-state index contributed by atoms with van der Waals surface area (Å²) in [6.45, 7) is 4.54. The van der Waals surface area contributed by atoms with Crippen molar-refractivity contribution in [3.63, 3.8) is 0 Å². The number of benzene rings is 2. The second kappa shape index (κ2) is 6.44. The second-order valence-corrected chi connectivity index (χ2v) is 5.34. The first-order valence-corrected chi connectivity index (χ1v) is 7.40. The fraction of sp³-hybridized carbons (Fsp3) is 0.150. The van der Waals surface area contributed by atoms with Crippen LogP contribution in [0.25, 0.3) is 5.57 Å². The standard InChI is InChI=1S/C20H18O2/c1-2-16(15-8-4-3-5-9-15)19-14-22-20-11-7-6-10-18(20)17(19)12-13-21/h2-13,16,19H,1,14H2/b17-12-. The molecule has 0 saturated carbocycles. The first kappa shape index (κ1) is 14.3. The Morgan fingerprint density at radius 3 is 2.55 bits per heavy atom. The number of ether oxygens (including phenoxy) is 1. The number of carbonyl (C=O) groups excluding carboxylic acids is 1. The molecule has 0 bridgehead atoms. The molecular formula is C20H18O2. The molecule has 0 fully saturated rings. The predicted octanol–water partition coefficient (Wildman–Crippen LogP) is 4.25. The molecule has 2 aromatic carbocycles. The molecule has 2 unspecified atom stereocenters. The van der Waals surface area contributed by atoms with Crippen molar-refractivity contribution in [2.75, 3.05) is 6.61 Å². The van der Waals surface area contributed by atoms with Crippen molar-refractivity contribution in [1.82, 2.24) is 0 Å². The van der Waals surface area contributed by atoms with Crippen LogP contribution in [0.2, 0.25) is 0 Å². The van der Waals surface area contributed by atoms with E-state index in [1.165, 1.54) is 5.56 Å². The molecule has 1 aliphatic rings. The lowest BCUT2D eigenvalue weighted by Gasteiger charge is -2.32. The van der Waals surface area contributed by atoms with Crippen LogP contribution in [0.4, 0.5) is 0 Å². The van der Waals surface area contributed by atoms with Crippen LogP contribution >= 0.6 is 0 Å². The van der Waals surface area contributed by atoms with Gasteiger partial charge in [0.15, 0.2) is 0 Å². The second-order valence-electron chi connectivity index (χ2n) is 5.34. The topological polar surface area (TPSA) is 26.3 Å². The molecule has 0 aromatic heterocycles. The van der Waals surface area contributed by atoms with E-state index >= 15 is 0 Å². The van der Waals surface area contributed by atoms with E-state index in [1.807, 2.05) is 48.5 Å². The van der Waals surface area contributed by atoms with Crippen molar-refractivity contribution < 1.29 is 9.53 Å². The Morgan fingerprint density at radius 2 is 1.82 bits per heavy atom. The fourth-order valence-electron chi connectivity index (χ4n) is 3.09. The van der Waals surface area contributed by atoms with Gasteiger partial charge in [-0.05, 0) is 23.3 Å². The van der Waals surface area contributed by atoms with E-state index in [0.29, 0.717) is 6.61 Å². The number of hydrogen-bond acceptors (Lipinski definition) is 2. The van der Waals surface area contributed by atoms with Crippen LogP contribution < -0.4 is 4.74 Å². The third-order valence-corrected chi connectivity index (χ3v) is 4.14. The van der Waals surface area contributed by atoms with E-state index in [4.69, 9.17) is 4.74 Å². The molecule has 0 radical (unpaired) electrons. The summed E-state index contributed by atoms with van der Waals surface area (Å²) in [6.07, 6.45) is 4.46. The minimum absolute atomic E-state index is 0.0833. The first-order valence-electron chi connectivity index (χ1n) is 7.40. The highest BCUT2D eigenvalue weighted by molar-refractivity contribution is 5.85. The minimum Gasteiger partial charge on any atom is -0.492 e. The molecule has 0 aliphatic carbocycles. The average Bonchev–Trinajstić information content (AvgIpc) is 2.58. The van der Waals surface area contributed by atoms with Crippen molar-refractivity contribution >= 4 is 11.9 Å². The maximum atomic E-state index is 11.1. The largest absolute Gasteiger partial charge is 0.492 e. The van der Waals surface area contributed by atoms with Crippen LogP contribution in [0.3, 0.4) is 0 Å². The molecular weight excluding hydrogens is 272 g/mol. The zero-order valence-electron chi connectivity index (χ0n) is 12.3. The summed E-state index contributed by atoms with van der Waals surface area (Å²) >= 11 is 0. The van der Waals surface area contributed by atoms with Gasteiger partial charge in [0.05, 0.1) is 6.61 Å². The van der Waals surface area contributed by atoms with Crippen LogP contribution in [-0.4, -0.2) is 12.9 Å². The van der Waals surface area contributed by atoms with E-state index < -0.39 is 0 Å². The molecule has 0 N–H and O–H groups in total. The summed E-state index contributed by atoms with van der Waals surface area (Å²) in [7, 11) is 0. The highest BCUT2D eigenvalue weighted by Crippen LogP contribution is 2.42. The molecule has 1 aliphatic heterocycles. The SMILES string of the molecule is C=CC(c1ccccc1)C1COc2ccccc2/C1=C/C=O. The number of carbonyl (C=O) groups is 1. The number of para-hydroxylation sites is 1. The molecule has 2 aromatic rings. The maximum absolute atomic E-state index is 11.1. The van der Waals surface area contributed by atoms with Gasteiger partial charge in [-0.3, -0.25) is 4.79 Å². The van der Waals surface area contributed by atoms with Gasteiger partial charge < -0.3 is 4.74 Å². The van der Waals surface area contributed by atoms with E-state index in [1.54, 1.807) is 6.08 Å². The Bertz CT molecular complexity index is 701. The molecule has 3 rings (SSSR count). The van der Waals surface area contributed by atoms with Crippen molar-refractivity contribution in [3.05, 3.63) is 84.5 Å². The Kier molecular flexibility index (Phi) is 4.19. The van der Waals surface area contributed by atoms with E-state index in [2.05, 4.69) is 18.7 Å². The van der Waals surface area contributed by atoms with Crippen LogP contribution in [0.1, 0.15) is 17.0 Å². The number of fused-ring (bicyclic) bond motifs is 1. The fourth-order valence-corrected chi connectivity index (χ4v) is 3.09. The van der Waals surface area contributed by atoms with Crippen molar-refractivity contribution in [3.8, 4) is 5.75 Å². The number of aldehydes is 1. The summed E-state index contributed by atoms with van der Waals surface area (Å²) in [5.74, 6) is 1.03. The van der Waals surface area contributed by atoms with Crippen LogP contribution in [0.5, 0.6) is 5.75 Å². The lowest BCUT2D eigenvalue weighted by Crippen LogP contribution is -2.25. The van der Waals surface area contributed by atoms with Gasteiger partial charge in [-0.25, -0.2) is 0 Å². The Hall–Kier alpha value is -2.61. The third-order valence-electron chi connectivity index (χ3n) is 4.14. The predicted molar refractivity (Wildman–Crippen MR) is 88.8 cm³/mol. The van der Waals surface area contributed by atoms with Gasteiger partial charge >= 0.3 is 0 Å². The van der Waals surface area contributed by atoms with Crippen molar-refractivity contribution in [2.24, 2.45) is 5.92 Å². The zero-order chi connectivity index (χ0) is 15.4. The number of rotatable bonds is 4. The summed E-state index contributed by atoms with van der Waals surface area (Å²) in [5, 5.41) is 0. The molecule has 1 heterocycles. The Balaban J connectivity index is 2.05. The smallest absolute Gasteiger partial charge is 0.143 e. The summed E-state index contributed by atoms with van der Waals surface area (Å²) in [6, 6.07) is 18.1. The molecule has 2 nitrogen and oxygen atoms in total. The Labute approximate surface area is 130 Å². The van der Waals surface area contributed by atoms with Crippen LogP contribution in [-0.2, 0) is 4.79 Å². The number of hydrogen-bond donors (Lipinski definition) is 0. The van der Waals surface area contributed by atoms with Gasteiger partial charge in [0.2, 0.25) is 0 Å². The molecule has 110 valence electrons. The molecule has 0 spiro atoms. The summed E-state index contributed by atoms with van der Waals surface area (Å²) in [4.78, 5) is 11.1. The van der Waals surface area contributed by atoms with Gasteiger partial charge in [0.1, 0.15) is 12.0 Å². The summed E-state index contributed by atoms with van der Waals surface area (Å²) < 4.78 is 5.91. The highest BCUT2D eigenvalue weighted by Gasteiger charge is 2.30. The maximum Gasteiger partial charge on any atom is 0.143 e. The van der Waals surface area contributed by atoms with E-state index in [-0.39, 0.29) is 11.8 Å². The average molecular weight is 290 g/mol. The van der Waals surface area contributed by atoms with Gasteiger partial charge in [0, 0.05) is 17.4 Å². The minimum atomic E-state index is 0.0833. The monoisotopic (exact) mass is 290 g/mol. The normalized spacial score (nSPS) is 19.8. The molecule has 2 heteroatoms. The van der Waals surface area contributed by atoms with E-state index in [9.17, 15) is 4.79 Å². The molecule has 0 amide bonds. The van der Waals surface area contributed by atoms with Gasteiger partial charge in [-0.15, -0.1) is 6.58 Å². The zero-order valence-corrected chi connectivity index (χ0v) is 12.3. The van der Waals surface area contributed by atoms with Crippen molar-refractivity contribution in [1.29, 1.82) is 0 Å². The Morgan fingerprint density at radius 1 is 1.09 bits per heavy atom. The van der Waals surface area contributed by atoms with Crippen LogP contribution in [0, 0.1) is 5.92 Å². The third kappa shape index (κ3) is 2.60. The molecule has 2 atom stereocenters. The first-order chi connectivity index (χ1) is 10.8. The lowest BCUT2D eigenvalue weighted by atomic mass is 9.77. The van der Waals surface area contributed by atoms with Gasteiger partial charge in [-0.1, -0.05) is 54.6 Å². The number of allylic oxidation sites excluding steroid dienone is 2. The summed E-state index contributed by atoms with van der Waals surface area (Å²) in [5.41, 5.74) is 3.20. The van der Waals surface area contributed by atoms with Gasteiger partial charge in [-0.2, -0.15) is 0 Å². The van der Waals surface area contributed by atoms with Crippen LogP contribution in [0.15, 0.2) is 73.3 Å². The van der Waals surface area contributed by atoms with E-state index in [0.717, 1.165) is 23.2 Å². The van der Waals surface area contributed by atoms with Gasteiger partial charge in [0.25, 0.3) is 0 Å². The van der Waals surface area contributed by atoms with Crippen molar-refractivity contribution in [2.45, 2.75) is 5.92 Å². The molecule has 22 heavy (non-hydrogen) atoms.